The molecule has 0 atom stereocenters. The second kappa shape index (κ2) is 4.58. The highest BCUT2D eigenvalue weighted by Gasteiger charge is 2.38. The van der Waals surface area contributed by atoms with Crippen LogP contribution >= 0.6 is 0 Å². The quantitative estimate of drug-likeness (QED) is 0.869. The van der Waals surface area contributed by atoms with E-state index in [0.29, 0.717) is 30.8 Å². The van der Waals surface area contributed by atoms with Crippen molar-refractivity contribution in [3.63, 3.8) is 0 Å². The van der Waals surface area contributed by atoms with E-state index in [-0.39, 0.29) is 5.60 Å². The summed E-state index contributed by atoms with van der Waals surface area (Å²) in [5.74, 6) is -1.41. The van der Waals surface area contributed by atoms with Crippen molar-refractivity contribution in [1.82, 2.24) is 5.32 Å². The molecule has 0 saturated carbocycles. The number of hydrogen-bond acceptors (Lipinski definition) is 3. The summed E-state index contributed by atoms with van der Waals surface area (Å²) in [6, 6.07) is 2.24. The van der Waals surface area contributed by atoms with E-state index < -0.39 is 11.6 Å². The van der Waals surface area contributed by atoms with E-state index >= 15 is 0 Å². The van der Waals surface area contributed by atoms with Gasteiger partial charge in [0.2, 0.25) is 0 Å². The molecule has 1 aliphatic heterocycles. The summed E-state index contributed by atoms with van der Waals surface area (Å²) in [6.45, 7) is 1.40. The number of benzene rings is 1. The highest BCUT2D eigenvalue weighted by molar-refractivity contribution is 5.36. The second-order valence-corrected chi connectivity index (χ2v) is 4.25. The lowest BCUT2D eigenvalue weighted by molar-refractivity contribution is -0.0505. The molecule has 17 heavy (non-hydrogen) atoms. The first-order valence-corrected chi connectivity index (χ1v) is 5.38. The zero-order chi connectivity index (χ0) is 12.5. The Kier molecular flexibility index (Phi) is 3.31. The molecule has 1 N–H and O–H groups in total. The number of methoxy groups -OCH3 is 2. The lowest BCUT2D eigenvalue weighted by Gasteiger charge is -2.41. The van der Waals surface area contributed by atoms with Crippen LogP contribution in [0.15, 0.2) is 12.1 Å². The van der Waals surface area contributed by atoms with Gasteiger partial charge in [0.25, 0.3) is 0 Å². The molecule has 0 unspecified atom stereocenters. The maximum Gasteiger partial charge on any atom is 0.162 e. The molecule has 0 bridgehead atoms. The van der Waals surface area contributed by atoms with Gasteiger partial charge in [0, 0.05) is 38.2 Å². The molecule has 2 rings (SSSR count). The molecular weight excluding hydrogens is 228 g/mol. The van der Waals surface area contributed by atoms with Crippen LogP contribution in [-0.2, 0) is 11.2 Å². The van der Waals surface area contributed by atoms with E-state index in [1.54, 1.807) is 7.11 Å². The molecule has 1 aliphatic rings. The smallest absolute Gasteiger partial charge is 0.162 e. The Morgan fingerprint density at radius 3 is 2.35 bits per heavy atom. The van der Waals surface area contributed by atoms with Gasteiger partial charge in [-0.1, -0.05) is 0 Å². The van der Waals surface area contributed by atoms with Crippen molar-refractivity contribution in [2.45, 2.75) is 12.0 Å². The van der Waals surface area contributed by atoms with E-state index in [2.05, 4.69) is 5.32 Å². The van der Waals surface area contributed by atoms with Gasteiger partial charge in [-0.3, -0.25) is 0 Å². The van der Waals surface area contributed by atoms with Crippen LogP contribution in [0.25, 0.3) is 0 Å². The van der Waals surface area contributed by atoms with Crippen LogP contribution in [0.1, 0.15) is 5.56 Å². The summed E-state index contributed by atoms with van der Waals surface area (Å²) < 4.78 is 36.7. The third-order valence-corrected chi connectivity index (χ3v) is 3.16. The number of hydrogen-bond donors (Lipinski definition) is 1. The van der Waals surface area contributed by atoms with Crippen LogP contribution < -0.4 is 10.1 Å². The molecule has 3 nitrogen and oxygen atoms in total. The van der Waals surface area contributed by atoms with Gasteiger partial charge in [0.05, 0.1) is 12.7 Å². The molecule has 5 heteroatoms. The maximum atomic E-state index is 13.2. The third kappa shape index (κ3) is 2.25. The standard InChI is InChI=1S/C12H15F2NO2/c1-16-11-4-10(14)9(13)3-8(11)5-12(17-2)6-15-7-12/h3-4,15H,5-7H2,1-2H3. The van der Waals surface area contributed by atoms with Crippen LogP contribution in [-0.4, -0.2) is 32.9 Å². The van der Waals surface area contributed by atoms with Gasteiger partial charge in [-0.15, -0.1) is 0 Å². The minimum atomic E-state index is -0.899. The number of rotatable bonds is 4. The molecule has 1 heterocycles. The first-order chi connectivity index (χ1) is 8.10. The molecule has 1 aromatic rings. The molecule has 0 amide bonds. The molecular formula is C12H15F2NO2. The Bertz CT molecular complexity index is 414. The molecule has 0 aliphatic carbocycles. The number of nitrogens with one attached hydrogen (secondary N) is 1. The van der Waals surface area contributed by atoms with Crippen molar-refractivity contribution >= 4 is 0 Å². The van der Waals surface area contributed by atoms with Crippen LogP contribution in [0.5, 0.6) is 5.75 Å². The average molecular weight is 243 g/mol. The summed E-state index contributed by atoms with van der Waals surface area (Å²) in [6.07, 6.45) is 0.497. The lowest BCUT2D eigenvalue weighted by atomic mass is 9.88. The Balaban J connectivity index is 2.28. The maximum absolute atomic E-state index is 13.2. The summed E-state index contributed by atoms with van der Waals surface area (Å²) in [5, 5.41) is 3.10. The van der Waals surface area contributed by atoms with Gasteiger partial charge in [0.1, 0.15) is 5.75 Å². The van der Waals surface area contributed by atoms with Crippen molar-refractivity contribution in [3.8, 4) is 5.75 Å². The van der Waals surface area contributed by atoms with E-state index in [9.17, 15) is 8.78 Å². The van der Waals surface area contributed by atoms with Crippen molar-refractivity contribution in [1.29, 1.82) is 0 Å². The molecule has 0 aromatic heterocycles. The van der Waals surface area contributed by atoms with Gasteiger partial charge >= 0.3 is 0 Å². The van der Waals surface area contributed by atoms with Gasteiger partial charge in [0.15, 0.2) is 11.6 Å². The Morgan fingerprint density at radius 2 is 1.88 bits per heavy atom. The van der Waals surface area contributed by atoms with Crippen LogP contribution in [0, 0.1) is 11.6 Å². The molecule has 0 radical (unpaired) electrons. The fraction of sp³-hybridized carbons (Fsp3) is 0.500. The zero-order valence-electron chi connectivity index (χ0n) is 9.85. The van der Waals surface area contributed by atoms with Crippen molar-refractivity contribution in [2.24, 2.45) is 0 Å². The minimum absolute atomic E-state index is 0.336. The van der Waals surface area contributed by atoms with E-state index in [4.69, 9.17) is 9.47 Å². The first kappa shape index (κ1) is 12.3. The molecule has 1 fully saturated rings. The minimum Gasteiger partial charge on any atom is -0.496 e. The van der Waals surface area contributed by atoms with Gasteiger partial charge in [-0.25, -0.2) is 8.78 Å². The SMILES string of the molecule is COc1cc(F)c(F)cc1CC1(OC)CNC1. The average Bonchev–Trinajstić information content (AvgIpc) is 2.27. The van der Waals surface area contributed by atoms with Crippen molar-refractivity contribution in [3.05, 3.63) is 29.3 Å². The Morgan fingerprint density at radius 1 is 1.24 bits per heavy atom. The highest BCUT2D eigenvalue weighted by Crippen LogP contribution is 2.29. The summed E-state index contributed by atoms with van der Waals surface area (Å²) in [5.41, 5.74) is 0.284. The fourth-order valence-corrected chi connectivity index (χ4v) is 1.99. The summed E-state index contributed by atoms with van der Waals surface area (Å²) >= 11 is 0. The third-order valence-electron chi connectivity index (χ3n) is 3.16. The predicted octanol–water partition coefficient (Wildman–Crippen LogP) is 1.50. The van der Waals surface area contributed by atoms with Gasteiger partial charge < -0.3 is 14.8 Å². The number of ether oxygens (including phenoxy) is 2. The summed E-state index contributed by atoms with van der Waals surface area (Å²) in [7, 11) is 3.06. The lowest BCUT2D eigenvalue weighted by Crippen LogP contribution is -2.61. The topological polar surface area (TPSA) is 30.5 Å². The van der Waals surface area contributed by atoms with E-state index in [1.807, 2.05) is 0 Å². The monoisotopic (exact) mass is 243 g/mol. The molecule has 1 saturated heterocycles. The normalized spacial score (nSPS) is 17.6. The first-order valence-electron chi connectivity index (χ1n) is 5.38. The fourth-order valence-electron chi connectivity index (χ4n) is 1.99. The Labute approximate surface area is 98.7 Å². The van der Waals surface area contributed by atoms with E-state index in [1.165, 1.54) is 13.2 Å². The molecule has 1 aromatic carbocycles. The van der Waals surface area contributed by atoms with Crippen LogP contribution in [0.3, 0.4) is 0 Å². The zero-order valence-corrected chi connectivity index (χ0v) is 9.85. The van der Waals surface area contributed by atoms with E-state index in [0.717, 1.165) is 6.07 Å². The van der Waals surface area contributed by atoms with Gasteiger partial charge in [-0.05, 0) is 6.07 Å². The molecule has 0 spiro atoms. The summed E-state index contributed by atoms with van der Waals surface area (Å²) in [4.78, 5) is 0. The second-order valence-electron chi connectivity index (χ2n) is 4.25. The van der Waals surface area contributed by atoms with Gasteiger partial charge in [-0.2, -0.15) is 0 Å². The van der Waals surface area contributed by atoms with Crippen LogP contribution in [0.4, 0.5) is 8.78 Å². The van der Waals surface area contributed by atoms with Crippen molar-refractivity contribution < 1.29 is 18.3 Å². The number of halogens is 2. The molecule has 94 valence electrons. The largest absolute Gasteiger partial charge is 0.496 e. The Hall–Kier alpha value is -1.20. The van der Waals surface area contributed by atoms with Crippen molar-refractivity contribution in [2.75, 3.05) is 27.3 Å². The predicted molar refractivity (Wildman–Crippen MR) is 59.2 cm³/mol. The van der Waals surface area contributed by atoms with Crippen LogP contribution in [0.2, 0.25) is 0 Å². The highest BCUT2D eigenvalue weighted by atomic mass is 19.2.